The van der Waals surface area contributed by atoms with Gasteiger partial charge in [0.05, 0.1) is 24.5 Å². The van der Waals surface area contributed by atoms with Gasteiger partial charge in [-0.1, -0.05) is 12.1 Å². The topological polar surface area (TPSA) is 91.3 Å². The van der Waals surface area contributed by atoms with Crippen LogP contribution in [0.1, 0.15) is 11.6 Å². The molecular weight excluding hydrogens is 380 g/mol. The smallest absolute Gasteiger partial charge is 0.256 e. The average molecular weight is 404 g/mol. The van der Waals surface area contributed by atoms with Crippen LogP contribution in [-0.4, -0.2) is 70.0 Å². The summed E-state index contributed by atoms with van der Waals surface area (Å²) in [6.07, 6.45) is 5.03. The molecule has 1 amide bonds. The Kier molecular flexibility index (Phi) is 5.85. The average Bonchev–Trinajstić information content (AvgIpc) is 2.66. The predicted molar refractivity (Wildman–Crippen MR) is 108 cm³/mol. The van der Waals surface area contributed by atoms with E-state index in [4.69, 9.17) is 4.74 Å². The predicted octanol–water partition coefficient (Wildman–Crippen LogP) is 0.912. The number of hydrogen-bond donors (Lipinski definition) is 1. The van der Waals surface area contributed by atoms with Crippen molar-refractivity contribution in [1.82, 2.24) is 15.1 Å². The van der Waals surface area contributed by atoms with E-state index in [1.807, 2.05) is 43.3 Å². The minimum absolute atomic E-state index is 0.0612. The van der Waals surface area contributed by atoms with Crippen molar-refractivity contribution in [2.45, 2.75) is 6.04 Å². The molecule has 0 aromatic heterocycles. The first-order chi connectivity index (χ1) is 13.3. The van der Waals surface area contributed by atoms with Crippen molar-refractivity contribution in [3.63, 3.8) is 0 Å². The second-order valence-electron chi connectivity index (χ2n) is 6.78. The van der Waals surface area contributed by atoms with E-state index in [1.165, 1.54) is 0 Å². The summed E-state index contributed by atoms with van der Waals surface area (Å²) in [6.45, 7) is 0.631. The number of rotatable bonds is 6. The Morgan fingerprint density at radius 3 is 2.89 bits per heavy atom. The molecule has 1 N–H and O–H groups in total. The first-order valence-corrected chi connectivity index (χ1v) is 10.5. The molecule has 0 bridgehead atoms. The number of amides is 1. The van der Waals surface area contributed by atoms with E-state index < -0.39 is 10.0 Å². The van der Waals surface area contributed by atoms with E-state index in [9.17, 15) is 13.2 Å². The molecule has 1 aromatic rings. The number of allylic oxidation sites excluding steroid dienone is 2. The van der Waals surface area contributed by atoms with E-state index in [0.29, 0.717) is 6.54 Å². The van der Waals surface area contributed by atoms with Crippen molar-refractivity contribution >= 4 is 21.8 Å². The zero-order valence-corrected chi connectivity index (χ0v) is 16.9. The number of sulfonamides is 1. The number of carbonyl (C=O) groups excluding carboxylic acids is 1. The van der Waals surface area contributed by atoms with Crippen molar-refractivity contribution in [2.75, 3.05) is 40.0 Å². The lowest BCUT2D eigenvalue weighted by Crippen LogP contribution is -2.43. The number of benzene rings is 1. The normalized spacial score (nSPS) is 18.8. The molecule has 2 aliphatic heterocycles. The molecule has 1 atom stereocenters. The summed E-state index contributed by atoms with van der Waals surface area (Å²) in [7, 11) is 1.92. The van der Waals surface area contributed by atoms with Crippen molar-refractivity contribution < 1.29 is 17.9 Å². The lowest BCUT2D eigenvalue weighted by atomic mass is 10.0. The van der Waals surface area contributed by atoms with E-state index in [1.54, 1.807) is 30.4 Å². The molecule has 1 unspecified atom stereocenters. The zero-order valence-electron chi connectivity index (χ0n) is 16.1. The second-order valence-corrected chi connectivity index (χ2v) is 8.54. The van der Waals surface area contributed by atoms with Crippen LogP contribution < -0.4 is 10.1 Å². The van der Waals surface area contributed by atoms with Gasteiger partial charge in [-0.15, -0.1) is 4.40 Å². The van der Waals surface area contributed by atoms with Gasteiger partial charge in [-0.3, -0.25) is 4.79 Å². The van der Waals surface area contributed by atoms with Gasteiger partial charge in [0.2, 0.25) is 0 Å². The highest BCUT2D eigenvalue weighted by Gasteiger charge is 2.30. The monoisotopic (exact) mass is 404 g/mol. The van der Waals surface area contributed by atoms with E-state index >= 15 is 0 Å². The summed E-state index contributed by atoms with van der Waals surface area (Å²) in [4.78, 5) is 16.5. The number of nitrogens with zero attached hydrogens (tertiary/aromatic N) is 3. The van der Waals surface area contributed by atoms with Crippen molar-refractivity contribution in [1.29, 1.82) is 0 Å². The number of hydrogen-bond acceptors (Lipinski definition) is 6. The number of likely N-dealkylation sites (N-methyl/N-ethyl adjacent to an activating group) is 1. The molecule has 0 fully saturated rings. The molecule has 8 nitrogen and oxygen atoms in total. The molecular formula is C19H24N4O4S. The third kappa shape index (κ3) is 4.42. The van der Waals surface area contributed by atoms with Crippen LogP contribution in [0, 0.1) is 0 Å². The van der Waals surface area contributed by atoms with Gasteiger partial charge in [-0.05, 0) is 43.9 Å². The van der Waals surface area contributed by atoms with Crippen LogP contribution in [0.3, 0.4) is 0 Å². The van der Waals surface area contributed by atoms with E-state index in [2.05, 4.69) is 9.71 Å². The van der Waals surface area contributed by atoms with Crippen LogP contribution in [0.4, 0.5) is 0 Å². The number of carbonyl (C=O) groups is 1. The van der Waals surface area contributed by atoms with Crippen LogP contribution in [0.25, 0.3) is 0 Å². The molecule has 3 rings (SSSR count). The van der Waals surface area contributed by atoms with Crippen LogP contribution in [-0.2, 0) is 14.8 Å². The van der Waals surface area contributed by atoms with E-state index in [0.717, 1.165) is 11.3 Å². The fourth-order valence-electron chi connectivity index (χ4n) is 3.13. The second kappa shape index (κ2) is 8.15. The highest BCUT2D eigenvalue weighted by Crippen LogP contribution is 2.23. The van der Waals surface area contributed by atoms with Gasteiger partial charge in [0.25, 0.3) is 15.9 Å². The first kappa shape index (κ1) is 20.1. The maximum Gasteiger partial charge on any atom is 0.256 e. The van der Waals surface area contributed by atoms with Crippen molar-refractivity contribution in [3.8, 4) is 5.75 Å². The highest BCUT2D eigenvalue weighted by molar-refractivity contribution is 7.90. The maximum absolute atomic E-state index is 12.8. The lowest BCUT2D eigenvalue weighted by Gasteiger charge is -2.29. The molecule has 28 heavy (non-hydrogen) atoms. The fraction of sp³-hybridized carbons (Fsp3) is 0.368. The minimum atomic E-state index is -3.55. The summed E-state index contributed by atoms with van der Waals surface area (Å²) in [5.74, 6) is 0.496. The number of fused-ring (bicyclic) bond motifs is 1. The molecule has 0 radical (unpaired) electrons. The summed E-state index contributed by atoms with van der Waals surface area (Å²) < 4.78 is 32.8. The third-order valence-electron chi connectivity index (χ3n) is 4.66. The van der Waals surface area contributed by atoms with E-state index in [-0.39, 0.29) is 35.7 Å². The molecule has 2 aliphatic rings. The fourth-order valence-corrected chi connectivity index (χ4v) is 4.11. The Morgan fingerprint density at radius 1 is 1.39 bits per heavy atom. The number of ether oxygens (including phenoxy) is 1. The Morgan fingerprint density at radius 2 is 2.18 bits per heavy atom. The van der Waals surface area contributed by atoms with Gasteiger partial charge in [0, 0.05) is 19.3 Å². The van der Waals surface area contributed by atoms with Crippen LogP contribution in [0.2, 0.25) is 0 Å². The Balaban J connectivity index is 1.77. The molecule has 0 saturated carbocycles. The van der Waals surface area contributed by atoms with Gasteiger partial charge < -0.3 is 19.9 Å². The standard InChI is InChI=1S/C19H24N4O4S/c1-22(2)17(14-6-4-7-15(12-14)27-3)13-20-19(24)16-8-5-9-23-10-11-28(25,26)21-18(16)23/h4-9,12,17H,10-11,13H2,1-3H3,(H,20,24). The first-order valence-electron chi connectivity index (χ1n) is 8.87. The zero-order chi connectivity index (χ0) is 20.3. The number of nitrogens with one attached hydrogen (secondary N) is 1. The summed E-state index contributed by atoms with van der Waals surface area (Å²) in [5.41, 5.74) is 1.25. The Bertz CT molecular complexity index is 950. The SMILES string of the molecule is COc1cccc(C(CNC(=O)C2=CC=CN3CCS(=O)(=O)N=C23)N(C)C)c1. The minimum Gasteiger partial charge on any atom is -0.497 e. The molecule has 150 valence electrons. The third-order valence-corrected chi connectivity index (χ3v) is 5.81. The van der Waals surface area contributed by atoms with Gasteiger partial charge in [-0.25, -0.2) is 8.42 Å². The maximum atomic E-state index is 12.8. The quantitative estimate of drug-likeness (QED) is 0.758. The van der Waals surface area contributed by atoms with Crippen LogP contribution in [0.15, 0.2) is 52.6 Å². The van der Waals surface area contributed by atoms with Gasteiger partial charge in [0.15, 0.2) is 5.84 Å². The lowest BCUT2D eigenvalue weighted by molar-refractivity contribution is -0.117. The van der Waals surface area contributed by atoms with Crippen molar-refractivity contribution in [2.24, 2.45) is 4.40 Å². The van der Waals surface area contributed by atoms with Gasteiger partial charge in [0.1, 0.15) is 5.75 Å². The Hall–Kier alpha value is -2.65. The largest absolute Gasteiger partial charge is 0.497 e. The van der Waals surface area contributed by atoms with Crippen molar-refractivity contribution in [3.05, 3.63) is 53.8 Å². The van der Waals surface area contributed by atoms with Crippen LogP contribution >= 0.6 is 0 Å². The van der Waals surface area contributed by atoms with Gasteiger partial charge >= 0.3 is 0 Å². The molecule has 1 aromatic carbocycles. The summed E-state index contributed by atoms with van der Waals surface area (Å²) >= 11 is 0. The number of methoxy groups -OCH3 is 1. The Labute approximate surface area is 165 Å². The molecule has 9 heteroatoms. The molecule has 2 heterocycles. The number of amidine groups is 1. The molecule has 0 spiro atoms. The highest BCUT2D eigenvalue weighted by atomic mass is 32.2. The van der Waals surface area contributed by atoms with Crippen LogP contribution in [0.5, 0.6) is 5.75 Å². The molecule has 0 aliphatic carbocycles. The summed E-state index contributed by atoms with van der Waals surface area (Å²) in [5, 5.41) is 2.90. The van der Waals surface area contributed by atoms with Gasteiger partial charge in [-0.2, -0.15) is 0 Å². The summed E-state index contributed by atoms with van der Waals surface area (Å²) in [6, 6.07) is 7.59. The molecule has 0 saturated heterocycles.